The summed E-state index contributed by atoms with van der Waals surface area (Å²) < 4.78 is 0. The highest BCUT2D eigenvalue weighted by Gasteiger charge is 2.48. The molecule has 0 bridgehead atoms. The molecule has 0 saturated carbocycles. The Morgan fingerprint density at radius 3 is 2.67 bits per heavy atom. The normalized spacial score (nSPS) is 26.7. The number of imide groups is 1. The lowest BCUT2D eigenvalue weighted by atomic mass is 9.92. The minimum atomic E-state index is -0.978. The van der Waals surface area contributed by atoms with E-state index in [0.29, 0.717) is 0 Å². The highest BCUT2D eigenvalue weighted by atomic mass is 16.2. The van der Waals surface area contributed by atoms with Crippen molar-refractivity contribution in [2.75, 3.05) is 0 Å². The topological polar surface area (TPSA) is 58.2 Å². The molecule has 0 aromatic heterocycles. The van der Waals surface area contributed by atoms with Gasteiger partial charge in [0.25, 0.3) is 5.91 Å². The van der Waals surface area contributed by atoms with Gasteiger partial charge in [0.2, 0.25) is 0 Å². The van der Waals surface area contributed by atoms with Crippen LogP contribution >= 0.6 is 0 Å². The minimum Gasteiger partial charge on any atom is -0.316 e. The van der Waals surface area contributed by atoms with E-state index >= 15 is 0 Å². The summed E-state index contributed by atoms with van der Waals surface area (Å²) in [5.74, 6) is -0.311. The molecular weight excluding hydrogens is 192 g/mol. The molecule has 1 aliphatic heterocycles. The van der Waals surface area contributed by atoms with Crippen LogP contribution in [-0.4, -0.2) is 11.9 Å². The average molecular weight is 200 g/mol. The van der Waals surface area contributed by atoms with Gasteiger partial charge in [0, 0.05) is 0 Å². The van der Waals surface area contributed by atoms with Gasteiger partial charge in [0.15, 0.2) is 5.54 Å². The van der Waals surface area contributed by atoms with Crippen molar-refractivity contribution >= 4 is 18.0 Å². The van der Waals surface area contributed by atoms with Crippen LogP contribution in [0.15, 0.2) is 30.3 Å². The summed E-state index contributed by atoms with van der Waals surface area (Å²) in [5.41, 5.74) is 0.816. The number of benzene rings is 1. The van der Waals surface area contributed by atoms with Gasteiger partial charge >= 0.3 is 6.03 Å². The SMILES string of the molecule is O=C1NC(=O)C2(C=Cc3ccccc32)N1. The van der Waals surface area contributed by atoms with Crippen LogP contribution in [0.1, 0.15) is 11.1 Å². The second kappa shape index (κ2) is 2.48. The molecule has 1 unspecified atom stereocenters. The number of nitrogens with one attached hydrogen (secondary N) is 2. The second-order valence-electron chi connectivity index (χ2n) is 3.64. The first-order chi connectivity index (χ1) is 7.22. The van der Waals surface area contributed by atoms with Crippen LogP contribution in [0.4, 0.5) is 4.79 Å². The number of fused-ring (bicyclic) bond motifs is 2. The van der Waals surface area contributed by atoms with Gasteiger partial charge in [-0.3, -0.25) is 10.1 Å². The molecule has 3 rings (SSSR count). The summed E-state index contributed by atoms with van der Waals surface area (Å²) in [7, 11) is 0. The van der Waals surface area contributed by atoms with E-state index in [-0.39, 0.29) is 5.91 Å². The van der Waals surface area contributed by atoms with Gasteiger partial charge in [-0.15, -0.1) is 0 Å². The third kappa shape index (κ3) is 0.905. The van der Waals surface area contributed by atoms with Crippen LogP contribution in [0.25, 0.3) is 6.08 Å². The molecule has 1 aromatic rings. The molecular formula is C11H8N2O2. The summed E-state index contributed by atoms with van der Waals surface area (Å²) in [6.45, 7) is 0. The number of amides is 3. The van der Waals surface area contributed by atoms with Crippen molar-refractivity contribution in [1.29, 1.82) is 0 Å². The maximum atomic E-state index is 11.7. The Bertz CT molecular complexity index is 507. The van der Waals surface area contributed by atoms with Crippen LogP contribution in [-0.2, 0) is 10.3 Å². The molecule has 2 aliphatic rings. The lowest BCUT2D eigenvalue weighted by Crippen LogP contribution is -2.40. The zero-order valence-electron chi connectivity index (χ0n) is 7.78. The number of hydrogen-bond acceptors (Lipinski definition) is 2. The van der Waals surface area contributed by atoms with Crippen molar-refractivity contribution in [3.63, 3.8) is 0 Å². The monoisotopic (exact) mass is 200 g/mol. The van der Waals surface area contributed by atoms with Crippen molar-refractivity contribution in [1.82, 2.24) is 10.6 Å². The van der Waals surface area contributed by atoms with Crippen molar-refractivity contribution < 1.29 is 9.59 Å². The van der Waals surface area contributed by atoms with Crippen LogP contribution in [0.5, 0.6) is 0 Å². The molecule has 1 atom stereocenters. The number of urea groups is 1. The van der Waals surface area contributed by atoms with Crippen LogP contribution in [0, 0.1) is 0 Å². The van der Waals surface area contributed by atoms with E-state index in [4.69, 9.17) is 0 Å². The van der Waals surface area contributed by atoms with Gasteiger partial charge in [-0.1, -0.05) is 30.3 Å². The Morgan fingerprint density at radius 1 is 1.13 bits per heavy atom. The first-order valence-electron chi connectivity index (χ1n) is 4.65. The lowest BCUT2D eigenvalue weighted by Gasteiger charge is -2.19. The second-order valence-corrected chi connectivity index (χ2v) is 3.64. The summed E-state index contributed by atoms with van der Waals surface area (Å²) >= 11 is 0. The third-order valence-electron chi connectivity index (χ3n) is 2.79. The van der Waals surface area contributed by atoms with Crippen molar-refractivity contribution in [3.05, 3.63) is 41.5 Å². The smallest absolute Gasteiger partial charge is 0.316 e. The molecule has 15 heavy (non-hydrogen) atoms. The molecule has 1 aromatic carbocycles. The van der Waals surface area contributed by atoms with Crippen molar-refractivity contribution in [2.45, 2.75) is 5.54 Å². The molecule has 2 N–H and O–H groups in total. The van der Waals surface area contributed by atoms with Gasteiger partial charge in [-0.2, -0.15) is 0 Å². The summed E-state index contributed by atoms with van der Waals surface area (Å²) in [6.07, 6.45) is 3.57. The van der Waals surface area contributed by atoms with Gasteiger partial charge in [-0.25, -0.2) is 4.79 Å². The Kier molecular flexibility index (Phi) is 1.36. The Balaban J connectivity index is 2.21. The molecule has 1 saturated heterocycles. The maximum absolute atomic E-state index is 11.7. The minimum absolute atomic E-state index is 0.311. The summed E-state index contributed by atoms with van der Waals surface area (Å²) in [5, 5.41) is 4.90. The van der Waals surface area contributed by atoms with E-state index in [1.807, 2.05) is 30.3 Å². The quantitative estimate of drug-likeness (QED) is 0.607. The molecule has 1 spiro atoms. The average Bonchev–Trinajstić information content (AvgIpc) is 2.72. The van der Waals surface area contributed by atoms with E-state index in [0.717, 1.165) is 11.1 Å². The molecule has 3 amide bonds. The van der Waals surface area contributed by atoms with Crippen LogP contribution in [0.3, 0.4) is 0 Å². The standard InChI is InChI=1S/C11H8N2O2/c14-9-11(13-10(15)12-9)6-5-7-3-1-2-4-8(7)11/h1-6H,(H2,12,13,14,15). The third-order valence-corrected chi connectivity index (χ3v) is 2.79. The molecule has 1 fully saturated rings. The van der Waals surface area contributed by atoms with E-state index < -0.39 is 11.6 Å². The Labute approximate surface area is 86.0 Å². The number of rotatable bonds is 0. The maximum Gasteiger partial charge on any atom is 0.322 e. The van der Waals surface area contributed by atoms with Gasteiger partial charge in [-0.05, 0) is 17.2 Å². The fraction of sp³-hybridized carbons (Fsp3) is 0.0909. The van der Waals surface area contributed by atoms with Crippen LogP contribution < -0.4 is 10.6 Å². The lowest BCUT2D eigenvalue weighted by molar-refractivity contribution is -0.122. The van der Waals surface area contributed by atoms with E-state index in [2.05, 4.69) is 10.6 Å². The molecule has 0 radical (unpaired) electrons. The summed E-state index contributed by atoms with van der Waals surface area (Å²) in [6, 6.07) is 7.07. The predicted octanol–water partition coefficient (Wildman–Crippen LogP) is 0.748. The van der Waals surface area contributed by atoms with Gasteiger partial charge < -0.3 is 5.32 Å². The van der Waals surface area contributed by atoms with E-state index in [1.54, 1.807) is 6.08 Å². The first-order valence-corrected chi connectivity index (χ1v) is 4.65. The largest absolute Gasteiger partial charge is 0.322 e. The molecule has 1 aliphatic carbocycles. The zero-order chi connectivity index (χ0) is 10.5. The highest BCUT2D eigenvalue weighted by Crippen LogP contribution is 2.35. The van der Waals surface area contributed by atoms with Gasteiger partial charge in [0.1, 0.15) is 0 Å². The highest BCUT2D eigenvalue weighted by molar-refractivity contribution is 6.10. The summed E-state index contributed by atoms with van der Waals surface area (Å²) in [4.78, 5) is 22.9. The van der Waals surface area contributed by atoms with E-state index in [1.165, 1.54) is 0 Å². The Morgan fingerprint density at radius 2 is 1.93 bits per heavy atom. The number of carbonyl (C=O) groups is 2. The molecule has 1 heterocycles. The molecule has 4 heteroatoms. The Hall–Kier alpha value is -2.10. The molecule has 74 valence electrons. The predicted molar refractivity (Wildman–Crippen MR) is 53.8 cm³/mol. The number of carbonyl (C=O) groups excluding carboxylic acids is 2. The first kappa shape index (κ1) is 8.23. The van der Waals surface area contributed by atoms with E-state index in [9.17, 15) is 9.59 Å². The fourth-order valence-corrected chi connectivity index (χ4v) is 2.08. The number of hydrogen-bond donors (Lipinski definition) is 2. The fourth-order valence-electron chi connectivity index (χ4n) is 2.08. The molecule has 4 nitrogen and oxygen atoms in total. The van der Waals surface area contributed by atoms with Crippen molar-refractivity contribution in [3.8, 4) is 0 Å². The zero-order valence-corrected chi connectivity index (χ0v) is 7.78. The van der Waals surface area contributed by atoms with Gasteiger partial charge in [0.05, 0.1) is 0 Å². The van der Waals surface area contributed by atoms with Crippen LogP contribution in [0.2, 0.25) is 0 Å². The van der Waals surface area contributed by atoms with Crippen molar-refractivity contribution in [2.24, 2.45) is 0 Å².